The second-order valence-electron chi connectivity index (χ2n) is 5.65. The first-order valence-corrected chi connectivity index (χ1v) is 10.8. The molecule has 2 aromatic carbocycles. The predicted molar refractivity (Wildman–Crippen MR) is 111 cm³/mol. The van der Waals surface area contributed by atoms with Crippen molar-refractivity contribution in [3.63, 3.8) is 0 Å². The van der Waals surface area contributed by atoms with Gasteiger partial charge in [-0.3, -0.25) is 0 Å². The van der Waals surface area contributed by atoms with Gasteiger partial charge < -0.3 is 9.73 Å². The van der Waals surface area contributed by atoms with E-state index < -0.39 is 0 Å². The number of benzene rings is 2. The predicted octanol–water partition coefficient (Wildman–Crippen LogP) is 5.39. The van der Waals surface area contributed by atoms with Crippen molar-refractivity contribution in [2.45, 2.75) is 16.6 Å². The Morgan fingerprint density at radius 1 is 1.00 bits per heavy atom. The Kier molecular flexibility index (Phi) is 5.98. The third-order valence-electron chi connectivity index (χ3n) is 3.64. The van der Waals surface area contributed by atoms with Crippen LogP contribution in [0.2, 0.25) is 0 Å². The zero-order valence-electron chi connectivity index (χ0n) is 14.3. The first-order chi connectivity index (χ1) is 13.7. The van der Waals surface area contributed by atoms with Crippen molar-refractivity contribution in [1.82, 2.24) is 20.4 Å². The van der Waals surface area contributed by atoms with Gasteiger partial charge in [0.25, 0.3) is 0 Å². The standard InChI is InChI=1S/C18H13BrFN5OS2/c19-13-5-3-12(4-6-13)16-23-22-15(26-16)10-27-18-25-24-17(28-18)21-9-11-1-7-14(20)8-2-11/h1-8H,9-10H2,(H,21,24). The van der Waals surface area contributed by atoms with E-state index >= 15 is 0 Å². The normalized spacial score (nSPS) is 10.9. The molecule has 0 radical (unpaired) electrons. The number of halogens is 2. The molecule has 0 spiro atoms. The number of thioether (sulfide) groups is 1. The number of anilines is 1. The second-order valence-corrected chi connectivity index (χ2v) is 8.77. The van der Waals surface area contributed by atoms with Gasteiger partial charge in [0.1, 0.15) is 5.82 Å². The summed E-state index contributed by atoms with van der Waals surface area (Å²) in [5, 5.41) is 20.3. The Hall–Kier alpha value is -2.30. The molecule has 0 saturated heterocycles. The summed E-state index contributed by atoms with van der Waals surface area (Å²) in [6.07, 6.45) is 0. The molecule has 0 aliphatic rings. The number of rotatable bonds is 7. The van der Waals surface area contributed by atoms with Crippen LogP contribution in [0.25, 0.3) is 11.5 Å². The van der Waals surface area contributed by atoms with Crippen LogP contribution >= 0.6 is 39.0 Å². The molecule has 2 aromatic heterocycles. The number of aromatic nitrogens is 4. The highest BCUT2D eigenvalue weighted by Gasteiger charge is 2.11. The van der Waals surface area contributed by atoms with E-state index in [-0.39, 0.29) is 5.82 Å². The van der Waals surface area contributed by atoms with Crippen LogP contribution in [0, 0.1) is 5.82 Å². The van der Waals surface area contributed by atoms with Crippen molar-refractivity contribution >= 4 is 44.2 Å². The third kappa shape index (κ3) is 4.94. The molecule has 0 unspecified atom stereocenters. The van der Waals surface area contributed by atoms with Crippen LogP contribution in [-0.2, 0) is 12.3 Å². The third-order valence-corrected chi connectivity index (χ3v) is 6.17. The van der Waals surface area contributed by atoms with E-state index in [1.165, 1.54) is 35.2 Å². The number of nitrogens with one attached hydrogen (secondary N) is 1. The summed E-state index contributed by atoms with van der Waals surface area (Å²) in [5.74, 6) is 1.28. The highest BCUT2D eigenvalue weighted by Crippen LogP contribution is 2.29. The van der Waals surface area contributed by atoms with E-state index in [1.807, 2.05) is 24.3 Å². The minimum absolute atomic E-state index is 0.248. The molecule has 6 nitrogen and oxygen atoms in total. The van der Waals surface area contributed by atoms with Gasteiger partial charge in [-0.15, -0.1) is 20.4 Å². The molecule has 0 aliphatic carbocycles. The largest absolute Gasteiger partial charge is 0.420 e. The van der Waals surface area contributed by atoms with Gasteiger partial charge >= 0.3 is 0 Å². The molecule has 10 heteroatoms. The van der Waals surface area contributed by atoms with Crippen molar-refractivity contribution in [3.8, 4) is 11.5 Å². The molecule has 0 fully saturated rings. The molecule has 1 N–H and O–H groups in total. The fraction of sp³-hybridized carbons (Fsp3) is 0.111. The molecule has 0 atom stereocenters. The Balaban J connectivity index is 1.31. The zero-order valence-corrected chi connectivity index (χ0v) is 17.5. The average Bonchev–Trinajstić information content (AvgIpc) is 3.36. The van der Waals surface area contributed by atoms with Crippen LogP contribution in [0.3, 0.4) is 0 Å². The summed E-state index contributed by atoms with van der Waals surface area (Å²) < 4.78 is 20.4. The Morgan fingerprint density at radius 3 is 2.57 bits per heavy atom. The SMILES string of the molecule is Fc1ccc(CNc2nnc(SCc3nnc(-c4ccc(Br)cc4)o3)s2)cc1. The van der Waals surface area contributed by atoms with Crippen LogP contribution in [0.15, 0.2) is 61.8 Å². The van der Waals surface area contributed by atoms with Crippen molar-refractivity contribution in [2.75, 3.05) is 5.32 Å². The molecule has 4 aromatic rings. The number of nitrogens with zero attached hydrogens (tertiary/aromatic N) is 4. The van der Waals surface area contributed by atoms with Gasteiger partial charge in [-0.05, 0) is 42.0 Å². The monoisotopic (exact) mass is 477 g/mol. The van der Waals surface area contributed by atoms with Crippen LogP contribution in [0.1, 0.15) is 11.5 Å². The topological polar surface area (TPSA) is 76.7 Å². The van der Waals surface area contributed by atoms with Crippen molar-refractivity contribution in [3.05, 3.63) is 70.3 Å². The maximum Gasteiger partial charge on any atom is 0.247 e. The maximum absolute atomic E-state index is 12.9. The molecular weight excluding hydrogens is 465 g/mol. The molecule has 2 heterocycles. The average molecular weight is 478 g/mol. The molecule has 0 aliphatic heterocycles. The highest BCUT2D eigenvalue weighted by molar-refractivity contribution is 9.10. The molecule has 0 saturated carbocycles. The van der Waals surface area contributed by atoms with Crippen LogP contribution in [0.4, 0.5) is 9.52 Å². The van der Waals surface area contributed by atoms with Gasteiger partial charge in [0, 0.05) is 16.6 Å². The first-order valence-electron chi connectivity index (χ1n) is 8.19. The van der Waals surface area contributed by atoms with Gasteiger partial charge in [0.2, 0.25) is 16.9 Å². The van der Waals surface area contributed by atoms with Gasteiger partial charge in [-0.2, -0.15) is 0 Å². The summed E-state index contributed by atoms with van der Waals surface area (Å²) in [6.45, 7) is 0.555. The molecule has 0 amide bonds. The summed E-state index contributed by atoms with van der Waals surface area (Å²) in [6, 6.07) is 14.0. The lowest BCUT2D eigenvalue weighted by Gasteiger charge is -2.01. The van der Waals surface area contributed by atoms with Crippen LogP contribution in [-0.4, -0.2) is 20.4 Å². The summed E-state index contributed by atoms with van der Waals surface area (Å²) in [5.41, 5.74) is 1.84. The fourth-order valence-electron chi connectivity index (χ4n) is 2.26. The van der Waals surface area contributed by atoms with E-state index in [0.717, 1.165) is 19.9 Å². The van der Waals surface area contributed by atoms with E-state index in [9.17, 15) is 4.39 Å². The number of hydrogen-bond acceptors (Lipinski definition) is 8. The Morgan fingerprint density at radius 2 is 1.79 bits per heavy atom. The molecule has 4 rings (SSSR count). The van der Waals surface area contributed by atoms with Gasteiger partial charge in [0.05, 0.1) is 5.75 Å². The second kappa shape index (κ2) is 8.80. The highest BCUT2D eigenvalue weighted by atomic mass is 79.9. The zero-order chi connectivity index (χ0) is 19.3. The molecule has 28 heavy (non-hydrogen) atoms. The van der Waals surface area contributed by atoms with Gasteiger partial charge in [-0.25, -0.2) is 4.39 Å². The number of hydrogen-bond donors (Lipinski definition) is 1. The van der Waals surface area contributed by atoms with Gasteiger partial charge in [-0.1, -0.05) is 51.2 Å². The van der Waals surface area contributed by atoms with Gasteiger partial charge in [0.15, 0.2) is 4.34 Å². The van der Waals surface area contributed by atoms with Crippen molar-refractivity contribution in [2.24, 2.45) is 0 Å². The smallest absolute Gasteiger partial charge is 0.247 e. The lowest BCUT2D eigenvalue weighted by molar-refractivity contribution is 0.528. The van der Waals surface area contributed by atoms with E-state index in [4.69, 9.17) is 4.42 Å². The minimum Gasteiger partial charge on any atom is -0.420 e. The summed E-state index contributed by atoms with van der Waals surface area (Å²) >= 11 is 6.32. The first kappa shape index (κ1) is 19.0. The fourth-order valence-corrected chi connectivity index (χ4v) is 4.11. The maximum atomic E-state index is 12.9. The summed E-state index contributed by atoms with van der Waals surface area (Å²) in [4.78, 5) is 0. The van der Waals surface area contributed by atoms with Crippen molar-refractivity contribution in [1.29, 1.82) is 0 Å². The Bertz CT molecular complexity index is 1050. The van der Waals surface area contributed by atoms with Crippen LogP contribution < -0.4 is 5.32 Å². The minimum atomic E-state index is -0.248. The quantitative estimate of drug-likeness (QED) is 0.357. The molecule has 142 valence electrons. The van der Waals surface area contributed by atoms with Crippen LogP contribution in [0.5, 0.6) is 0 Å². The lowest BCUT2D eigenvalue weighted by atomic mass is 10.2. The molecule has 0 bridgehead atoms. The van der Waals surface area contributed by atoms with E-state index in [1.54, 1.807) is 12.1 Å². The lowest BCUT2D eigenvalue weighted by Crippen LogP contribution is -1.98. The molecular formula is C18H13BrFN5OS2. The van der Waals surface area contributed by atoms with Crippen molar-refractivity contribution < 1.29 is 8.81 Å². The Labute approximate surface area is 176 Å². The summed E-state index contributed by atoms with van der Waals surface area (Å²) in [7, 11) is 0. The van der Waals surface area contributed by atoms with E-state index in [0.29, 0.717) is 29.2 Å². The van der Waals surface area contributed by atoms with E-state index in [2.05, 4.69) is 41.6 Å².